The number of nitrogens with two attached hydrogens (primary N) is 1. The van der Waals surface area contributed by atoms with Crippen molar-refractivity contribution < 1.29 is 14.7 Å². The van der Waals surface area contributed by atoms with Gasteiger partial charge in [-0.15, -0.1) is 16.7 Å². The van der Waals surface area contributed by atoms with Crippen molar-refractivity contribution in [3.05, 3.63) is 4.91 Å². The minimum Gasteiger partial charge on any atom is -0.480 e. The standard InChI is InChI=1S/C8H11N3O4S/c1-7(2)3(4(12)13)11-5(14)8(9,10-15)6(11)16-7/h3,6H,9H2,1-2H3,(H,12,13)/t3-,6+,8?/m0/s1. The predicted molar refractivity (Wildman–Crippen MR) is 56.4 cm³/mol. The molecule has 0 spiro atoms. The summed E-state index contributed by atoms with van der Waals surface area (Å²) in [5, 5.41) is 11.0. The number of hydrogen-bond acceptors (Lipinski definition) is 6. The molecule has 0 aliphatic carbocycles. The van der Waals surface area contributed by atoms with Gasteiger partial charge in [0.25, 0.3) is 11.6 Å². The Hall–Kier alpha value is -1.15. The minimum atomic E-state index is -1.80. The first kappa shape index (κ1) is 11.3. The molecule has 16 heavy (non-hydrogen) atoms. The molecule has 1 amide bonds. The summed E-state index contributed by atoms with van der Waals surface area (Å²) in [6, 6.07) is -0.964. The summed E-state index contributed by atoms with van der Waals surface area (Å²) in [6.07, 6.45) is 0. The van der Waals surface area contributed by atoms with Crippen molar-refractivity contribution in [2.75, 3.05) is 0 Å². The highest BCUT2D eigenvalue weighted by Gasteiger charge is 2.71. The average Bonchev–Trinajstić information content (AvgIpc) is 2.46. The molecule has 2 saturated heterocycles. The van der Waals surface area contributed by atoms with Crippen LogP contribution in [0.5, 0.6) is 0 Å². The SMILES string of the molecule is CC1(C)S[C@H]2N(C(=O)C2(N)N=O)[C@H]1C(=O)O. The van der Waals surface area contributed by atoms with Crippen molar-refractivity contribution in [3.63, 3.8) is 0 Å². The van der Waals surface area contributed by atoms with E-state index in [4.69, 9.17) is 10.8 Å². The lowest BCUT2D eigenvalue weighted by atomic mass is 9.93. The summed E-state index contributed by atoms with van der Waals surface area (Å²) < 4.78 is -0.683. The normalized spacial score (nSPS) is 40.2. The van der Waals surface area contributed by atoms with Gasteiger partial charge in [-0.25, -0.2) is 4.79 Å². The van der Waals surface area contributed by atoms with Gasteiger partial charge in [-0.05, 0) is 19.0 Å². The first-order valence-electron chi connectivity index (χ1n) is 4.62. The predicted octanol–water partition coefficient (Wildman–Crippen LogP) is -0.445. The summed E-state index contributed by atoms with van der Waals surface area (Å²) in [5.41, 5.74) is 3.73. The van der Waals surface area contributed by atoms with E-state index >= 15 is 0 Å². The highest BCUT2D eigenvalue weighted by atomic mass is 32.2. The molecule has 0 saturated carbocycles. The lowest BCUT2D eigenvalue weighted by Gasteiger charge is -2.45. The van der Waals surface area contributed by atoms with Crippen molar-refractivity contribution in [2.24, 2.45) is 10.9 Å². The smallest absolute Gasteiger partial charge is 0.327 e. The maximum atomic E-state index is 11.6. The molecule has 7 nitrogen and oxygen atoms in total. The molecule has 0 aromatic carbocycles. The molecule has 2 rings (SSSR count). The number of amides is 1. The van der Waals surface area contributed by atoms with Crippen LogP contribution >= 0.6 is 11.8 Å². The Morgan fingerprint density at radius 1 is 1.62 bits per heavy atom. The number of carboxylic acids is 1. The fraction of sp³-hybridized carbons (Fsp3) is 0.750. The molecule has 1 unspecified atom stereocenters. The van der Waals surface area contributed by atoms with Gasteiger partial charge in [0.05, 0.1) is 0 Å². The van der Waals surface area contributed by atoms with Crippen LogP contribution < -0.4 is 5.73 Å². The molecule has 2 aliphatic rings. The van der Waals surface area contributed by atoms with Crippen molar-refractivity contribution in [1.29, 1.82) is 0 Å². The molecule has 88 valence electrons. The lowest BCUT2D eigenvalue weighted by Crippen LogP contribution is -2.76. The fourth-order valence-electron chi connectivity index (χ4n) is 2.15. The second-order valence-electron chi connectivity index (χ2n) is 4.44. The van der Waals surface area contributed by atoms with E-state index in [1.54, 1.807) is 13.8 Å². The Morgan fingerprint density at radius 3 is 2.62 bits per heavy atom. The molecule has 0 aromatic heterocycles. The molecule has 0 radical (unpaired) electrons. The zero-order chi connectivity index (χ0) is 12.3. The Morgan fingerprint density at radius 2 is 2.19 bits per heavy atom. The Balaban J connectivity index is 2.39. The van der Waals surface area contributed by atoms with E-state index in [1.807, 2.05) is 0 Å². The lowest BCUT2D eigenvalue weighted by molar-refractivity contribution is -0.165. The van der Waals surface area contributed by atoms with E-state index in [0.29, 0.717) is 0 Å². The number of carboxylic acid groups (broad SMARTS) is 1. The van der Waals surface area contributed by atoms with Crippen LogP contribution in [0.15, 0.2) is 5.18 Å². The van der Waals surface area contributed by atoms with Crippen LogP contribution in [0.4, 0.5) is 0 Å². The van der Waals surface area contributed by atoms with Gasteiger partial charge in [0.15, 0.2) is 0 Å². The summed E-state index contributed by atoms with van der Waals surface area (Å²) in [6.45, 7) is 3.40. The van der Waals surface area contributed by atoms with Gasteiger partial charge in [0.1, 0.15) is 11.4 Å². The van der Waals surface area contributed by atoms with E-state index in [-0.39, 0.29) is 0 Å². The third-order valence-corrected chi connectivity index (χ3v) is 4.58. The van der Waals surface area contributed by atoms with E-state index in [0.717, 1.165) is 4.90 Å². The summed E-state index contributed by atoms with van der Waals surface area (Å²) in [7, 11) is 0. The van der Waals surface area contributed by atoms with E-state index < -0.39 is 33.7 Å². The van der Waals surface area contributed by atoms with Gasteiger partial charge in [-0.3, -0.25) is 10.5 Å². The van der Waals surface area contributed by atoms with Crippen molar-refractivity contribution in [2.45, 2.75) is 35.7 Å². The zero-order valence-electron chi connectivity index (χ0n) is 8.71. The van der Waals surface area contributed by atoms with Gasteiger partial charge in [0.2, 0.25) is 0 Å². The van der Waals surface area contributed by atoms with Crippen LogP contribution in [-0.2, 0) is 9.59 Å². The number of thioether (sulfide) groups is 1. The number of hydrogen-bond donors (Lipinski definition) is 2. The average molecular weight is 245 g/mol. The molecular weight excluding hydrogens is 234 g/mol. The highest BCUT2D eigenvalue weighted by molar-refractivity contribution is 8.01. The molecule has 2 aliphatic heterocycles. The number of aliphatic carboxylic acids is 1. The van der Waals surface area contributed by atoms with Crippen molar-refractivity contribution in [3.8, 4) is 0 Å². The first-order valence-corrected chi connectivity index (χ1v) is 5.50. The molecule has 8 heteroatoms. The number of carbonyl (C=O) groups is 2. The third-order valence-electron chi connectivity index (χ3n) is 2.94. The number of fused-ring (bicyclic) bond motifs is 1. The summed E-state index contributed by atoms with van der Waals surface area (Å²) >= 11 is 1.19. The monoisotopic (exact) mass is 245 g/mol. The van der Waals surface area contributed by atoms with Crippen LogP contribution in [0.3, 0.4) is 0 Å². The maximum Gasteiger partial charge on any atom is 0.327 e. The highest BCUT2D eigenvalue weighted by Crippen LogP contribution is 2.54. The number of β-lactam (4-membered cyclic amide) rings is 1. The number of nitrogens with zero attached hydrogens (tertiary/aromatic N) is 2. The Bertz CT molecular complexity index is 399. The molecule has 3 atom stereocenters. The van der Waals surface area contributed by atoms with Gasteiger partial charge < -0.3 is 10.0 Å². The number of carbonyl (C=O) groups excluding carboxylic acids is 1. The molecule has 0 aromatic rings. The Labute approximate surface area is 95.3 Å². The maximum absolute atomic E-state index is 11.6. The molecule has 2 fully saturated rings. The molecule has 0 bridgehead atoms. The second-order valence-corrected chi connectivity index (χ2v) is 6.18. The van der Waals surface area contributed by atoms with Gasteiger partial charge >= 0.3 is 5.97 Å². The van der Waals surface area contributed by atoms with Crippen LogP contribution in [-0.4, -0.2) is 43.7 Å². The van der Waals surface area contributed by atoms with Crippen LogP contribution in [0.2, 0.25) is 0 Å². The van der Waals surface area contributed by atoms with Crippen LogP contribution in [0, 0.1) is 4.91 Å². The number of rotatable bonds is 2. The van der Waals surface area contributed by atoms with Crippen molar-refractivity contribution in [1.82, 2.24) is 4.90 Å². The van der Waals surface area contributed by atoms with Crippen LogP contribution in [0.1, 0.15) is 13.8 Å². The Kier molecular flexibility index (Phi) is 2.09. The van der Waals surface area contributed by atoms with Gasteiger partial charge in [-0.1, -0.05) is 0 Å². The minimum absolute atomic E-state index is 0.673. The fourth-order valence-corrected chi connectivity index (χ4v) is 3.72. The van der Waals surface area contributed by atoms with Crippen molar-refractivity contribution >= 4 is 23.6 Å². The van der Waals surface area contributed by atoms with Gasteiger partial charge in [-0.2, -0.15) is 0 Å². The largest absolute Gasteiger partial charge is 0.480 e. The quantitative estimate of drug-likeness (QED) is 0.503. The summed E-state index contributed by atoms with van der Waals surface area (Å²) in [4.78, 5) is 34.4. The topological polar surface area (TPSA) is 113 Å². The van der Waals surface area contributed by atoms with E-state index in [1.165, 1.54) is 11.8 Å². The second kappa shape index (κ2) is 2.95. The first-order chi connectivity index (χ1) is 7.25. The molecule has 3 N–H and O–H groups in total. The van der Waals surface area contributed by atoms with Crippen LogP contribution in [0.25, 0.3) is 0 Å². The zero-order valence-corrected chi connectivity index (χ0v) is 9.52. The molecular formula is C8H11N3O4S. The third kappa shape index (κ3) is 1.08. The number of nitroso groups, excluding NO2 is 1. The summed E-state index contributed by atoms with van der Waals surface area (Å²) in [5.74, 6) is -1.81. The van der Waals surface area contributed by atoms with Gasteiger partial charge in [0, 0.05) is 4.75 Å². The molecule has 2 heterocycles. The van der Waals surface area contributed by atoms with E-state index in [9.17, 15) is 14.5 Å². The van der Waals surface area contributed by atoms with E-state index in [2.05, 4.69) is 5.18 Å².